The van der Waals surface area contributed by atoms with Crippen molar-refractivity contribution in [1.29, 1.82) is 0 Å². The number of nitrogens with zero attached hydrogens (tertiary/aromatic N) is 1. The molecule has 2 atom stereocenters. The molecule has 25 heavy (non-hydrogen) atoms. The van der Waals surface area contributed by atoms with Gasteiger partial charge in [0, 0.05) is 38.4 Å². The van der Waals surface area contributed by atoms with Crippen molar-refractivity contribution in [3.63, 3.8) is 0 Å². The molecular formula is C22H27NO2. The minimum absolute atomic E-state index is 0.118. The van der Waals surface area contributed by atoms with Gasteiger partial charge in [-0.25, -0.2) is 0 Å². The van der Waals surface area contributed by atoms with Crippen molar-refractivity contribution in [2.24, 2.45) is 5.92 Å². The molecule has 1 aliphatic heterocycles. The smallest absolute Gasteiger partial charge is 0.306 e. The fourth-order valence-corrected chi connectivity index (χ4v) is 3.82. The van der Waals surface area contributed by atoms with Gasteiger partial charge in [-0.15, -0.1) is 0 Å². The molecular weight excluding hydrogens is 310 g/mol. The van der Waals surface area contributed by atoms with E-state index in [2.05, 4.69) is 48.2 Å². The van der Waals surface area contributed by atoms with Crippen LogP contribution in [0.15, 0.2) is 60.7 Å². The van der Waals surface area contributed by atoms with Crippen molar-refractivity contribution in [1.82, 2.24) is 4.90 Å². The fraction of sp³-hybridized carbons (Fsp3) is 0.409. The maximum absolute atomic E-state index is 12.1. The number of esters is 1. The van der Waals surface area contributed by atoms with Crippen LogP contribution in [0, 0.1) is 5.92 Å². The normalized spacial score (nSPS) is 24.0. The molecule has 3 nitrogen and oxygen atoms in total. The standard InChI is InChI=1S/C22H27NO2/c1-3-21(24)25-22(20-12-8-5-9-13-20)14-15-23(16-18(22)2)17-19-10-6-4-7-11-19/h4-13,18H,3,14-17H2,1-2H3/t18-,22-/m1/s1. The zero-order chi connectivity index (χ0) is 17.7. The minimum Gasteiger partial charge on any atom is -0.454 e. The summed E-state index contributed by atoms with van der Waals surface area (Å²) in [6.45, 7) is 6.84. The molecule has 1 aliphatic rings. The quantitative estimate of drug-likeness (QED) is 0.759. The Morgan fingerprint density at radius 1 is 1.12 bits per heavy atom. The van der Waals surface area contributed by atoms with Crippen molar-refractivity contribution in [2.75, 3.05) is 13.1 Å². The number of carbonyl (C=O) groups is 1. The monoisotopic (exact) mass is 337 g/mol. The van der Waals surface area contributed by atoms with Crippen LogP contribution in [0.25, 0.3) is 0 Å². The van der Waals surface area contributed by atoms with Gasteiger partial charge in [-0.05, 0) is 11.1 Å². The van der Waals surface area contributed by atoms with Gasteiger partial charge in [0.15, 0.2) is 0 Å². The van der Waals surface area contributed by atoms with Gasteiger partial charge in [-0.3, -0.25) is 9.69 Å². The van der Waals surface area contributed by atoms with Crippen molar-refractivity contribution in [2.45, 2.75) is 38.8 Å². The summed E-state index contributed by atoms with van der Waals surface area (Å²) in [7, 11) is 0. The Morgan fingerprint density at radius 2 is 1.76 bits per heavy atom. The molecule has 1 saturated heterocycles. The van der Waals surface area contributed by atoms with E-state index in [0.717, 1.165) is 31.6 Å². The summed E-state index contributed by atoms with van der Waals surface area (Å²) < 4.78 is 6.06. The van der Waals surface area contributed by atoms with Crippen LogP contribution in [0.5, 0.6) is 0 Å². The van der Waals surface area contributed by atoms with E-state index in [4.69, 9.17) is 4.74 Å². The van der Waals surface area contributed by atoms with Gasteiger partial charge in [0.05, 0.1) is 0 Å². The van der Waals surface area contributed by atoms with Gasteiger partial charge in [0.25, 0.3) is 0 Å². The molecule has 3 rings (SSSR count). The first kappa shape index (κ1) is 17.7. The zero-order valence-corrected chi connectivity index (χ0v) is 15.2. The molecule has 0 spiro atoms. The molecule has 0 unspecified atom stereocenters. The third-order valence-corrected chi connectivity index (χ3v) is 5.22. The fourth-order valence-electron chi connectivity index (χ4n) is 3.82. The predicted molar refractivity (Wildman–Crippen MR) is 100 cm³/mol. The first-order valence-electron chi connectivity index (χ1n) is 9.17. The Kier molecular flexibility index (Phi) is 5.54. The van der Waals surface area contributed by atoms with Crippen molar-refractivity contribution >= 4 is 5.97 Å². The Hall–Kier alpha value is -2.13. The molecule has 0 amide bonds. The molecule has 0 saturated carbocycles. The lowest BCUT2D eigenvalue weighted by atomic mass is 9.76. The molecule has 132 valence electrons. The molecule has 1 fully saturated rings. The average molecular weight is 337 g/mol. The lowest BCUT2D eigenvalue weighted by Gasteiger charge is -2.46. The van der Waals surface area contributed by atoms with Gasteiger partial charge >= 0.3 is 5.97 Å². The summed E-state index contributed by atoms with van der Waals surface area (Å²) in [5.74, 6) is 0.120. The van der Waals surface area contributed by atoms with Crippen molar-refractivity contribution < 1.29 is 9.53 Å². The second kappa shape index (κ2) is 7.83. The Labute approximate surface area is 150 Å². The maximum atomic E-state index is 12.1. The molecule has 0 bridgehead atoms. The Bertz CT molecular complexity index is 686. The molecule has 2 aromatic carbocycles. The second-order valence-corrected chi connectivity index (χ2v) is 6.95. The zero-order valence-electron chi connectivity index (χ0n) is 15.2. The van der Waals surface area contributed by atoms with Gasteiger partial charge < -0.3 is 4.74 Å². The molecule has 0 aliphatic carbocycles. The number of piperidine rings is 1. The van der Waals surface area contributed by atoms with Crippen LogP contribution in [-0.2, 0) is 21.7 Å². The van der Waals surface area contributed by atoms with Crippen LogP contribution in [0.2, 0.25) is 0 Å². The van der Waals surface area contributed by atoms with Crippen LogP contribution >= 0.6 is 0 Å². The van der Waals surface area contributed by atoms with Crippen LogP contribution in [0.1, 0.15) is 37.8 Å². The Balaban J connectivity index is 1.80. The van der Waals surface area contributed by atoms with Crippen LogP contribution < -0.4 is 0 Å². The third-order valence-electron chi connectivity index (χ3n) is 5.22. The maximum Gasteiger partial charge on any atom is 0.306 e. The lowest BCUT2D eigenvalue weighted by molar-refractivity contribution is -0.175. The first-order valence-corrected chi connectivity index (χ1v) is 9.17. The number of rotatable bonds is 5. The van der Waals surface area contributed by atoms with E-state index in [1.54, 1.807) is 0 Å². The van der Waals surface area contributed by atoms with E-state index < -0.39 is 5.60 Å². The number of benzene rings is 2. The number of hydrogen-bond donors (Lipinski definition) is 0. The summed E-state index contributed by atoms with van der Waals surface area (Å²) in [6, 6.07) is 20.8. The van der Waals surface area contributed by atoms with E-state index in [9.17, 15) is 4.79 Å². The van der Waals surface area contributed by atoms with Crippen LogP contribution in [0.4, 0.5) is 0 Å². The van der Waals surface area contributed by atoms with Crippen LogP contribution in [0.3, 0.4) is 0 Å². The SMILES string of the molecule is CCC(=O)O[C@]1(c2ccccc2)CCN(Cc2ccccc2)C[C@H]1C. The van der Waals surface area contributed by atoms with Crippen LogP contribution in [-0.4, -0.2) is 24.0 Å². The summed E-state index contributed by atoms with van der Waals surface area (Å²) in [6.07, 6.45) is 1.24. The van der Waals surface area contributed by atoms with Crippen molar-refractivity contribution in [3.8, 4) is 0 Å². The topological polar surface area (TPSA) is 29.5 Å². The largest absolute Gasteiger partial charge is 0.454 e. The highest BCUT2D eigenvalue weighted by Crippen LogP contribution is 2.41. The number of hydrogen-bond acceptors (Lipinski definition) is 3. The van der Waals surface area contributed by atoms with Gasteiger partial charge in [0.1, 0.15) is 5.60 Å². The van der Waals surface area contributed by atoms with E-state index in [1.807, 2.05) is 31.2 Å². The molecule has 0 aromatic heterocycles. The van der Waals surface area contributed by atoms with Crippen molar-refractivity contribution in [3.05, 3.63) is 71.8 Å². The number of carbonyl (C=O) groups excluding carboxylic acids is 1. The second-order valence-electron chi connectivity index (χ2n) is 6.95. The van der Waals surface area contributed by atoms with E-state index in [-0.39, 0.29) is 11.9 Å². The molecule has 0 N–H and O–H groups in total. The Morgan fingerprint density at radius 3 is 2.36 bits per heavy atom. The third kappa shape index (κ3) is 3.93. The van der Waals surface area contributed by atoms with E-state index in [1.165, 1.54) is 5.56 Å². The first-order chi connectivity index (χ1) is 12.1. The van der Waals surface area contributed by atoms with E-state index in [0.29, 0.717) is 6.42 Å². The lowest BCUT2D eigenvalue weighted by Crippen LogP contribution is -2.50. The van der Waals surface area contributed by atoms with E-state index >= 15 is 0 Å². The highest BCUT2D eigenvalue weighted by Gasteiger charge is 2.45. The van der Waals surface area contributed by atoms with Gasteiger partial charge in [0.2, 0.25) is 0 Å². The summed E-state index contributed by atoms with van der Waals surface area (Å²) in [5.41, 5.74) is 1.93. The minimum atomic E-state index is -0.512. The number of likely N-dealkylation sites (tertiary alicyclic amines) is 1. The molecule has 3 heteroatoms. The molecule has 0 radical (unpaired) electrons. The van der Waals surface area contributed by atoms with Gasteiger partial charge in [-0.1, -0.05) is 74.5 Å². The highest BCUT2D eigenvalue weighted by molar-refractivity contribution is 5.69. The average Bonchev–Trinajstić information content (AvgIpc) is 2.65. The molecule has 2 aromatic rings. The molecule has 1 heterocycles. The summed E-state index contributed by atoms with van der Waals surface area (Å²) >= 11 is 0. The summed E-state index contributed by atoms with van der Waals surface area (Å²) in [4.78, 5) is 14.6. The highest BCUT2D eigenvalue weighted by atomic mass is 16.6. The number of ether oxygens (including phenoxy) is 1. The summed E-state index contributed by atoms with van der Waals surface area (Å²) in [5, 5.41) is 0. The van der Waals surface area contributed by atoms with Gasteiger partial charge in [-0.2, -0.15) is 0 Å². The predicted octanol–water partition coefficient (Wildman–Crippen LogP) is 4.38.